The molecule has 1 rings (SSSR count). The van der Waals surface area contributed by atoms with Crippen molar-refractivity contribution in [3.8, 4) is 0 Å². The molecule has 0 aromatic carbocycles. The highest BCUT2D eigenvalue weighted by Crippen LogP contribution is 2.12. The van der Waals surface area contributed by atoms with Crippen LogP contribution in [-0.2, 0) is 9.53 Å². The lowest BCUT2D eigenvalue weighted by Gasteiger charge is -2.23. The van der Waals surface area contributed by atoms with Crippen LogP contribution >= 0.6 is 0 Å². The second kappa shape index (κ2) is 4.01. The van der Waals surface area contributed by atoms with E-state index in [0.29, 0.717) is 13.3 Å². The summed E-state index contributed by atoms with van der Waals surface area (Å²) in [6.07, 6.45) is -0.495. The number of carbonyl (C=O) groups excluding carboxylic acids is 1. The van der Waals surface area contributed by atoms with E-state index in [4.69, 9.17) is 10.6 Å². The van der Waals surface area contributed by atoms with Gasteiger partial charge in [0.15, 0.2) is 6.17 Å². The zero-order chi connectivity index (χ0) is 10.0. The van der Waals surface area contributed by atoms with Crippen molar-refractivity contribution < 1.29 is 9.53 Å². The normalized spacial score (nSPS) is 26.6. The third-order valence-electron chi connectivity index (χ3n) is 2.07. The molecule has 0 aromatic rings. The Balaban J connectivity index is 2.62. The lowest BCUT2D eigenvalue weighted by molar-refractivity contribution is -0.155. The first-order valence-electron chi connectivity index (χ1n) is 4.19. The van der Waals surface area contributed by atoms with E-state index in [1.54, 1.807) is 19.0 Å². The summed E-state index contributed by atoms with van der Waals surface area (Å²) in [6, 6.07) is 0. The SMILES string of the molecule is CCOC(=O)C1N(N)CN(C)N1C. The van der Waals surface area contributed by atoms with E-state index >= 15 is 0 Å². The fourth-order valence-corrected chi connectivity index (χ4v) is 1.32. The monoisotopic (exact) mass is 188 g/mol. The maximum atomic E-state index is 11.4. The van der Waals surface area contributed by atoms with Crippen LogP contribution < -0.4 is 5.84 Å². The summed E-state index contributed by atoms with van der Waals surface area (Å²) in [5, 5.41) is 5.04. The molecule has 1 fully saturated rings. The van der Waals surface area contributed by atoms with E-state index < -0.39 is 6.17 Å². The Hall–Kier alpha value is -0.690. The molecule has 6 heteroatoms. The average Bonchev–Trinajstić information content (AvgIpc) is 2.27. The van der Waals surface area contributed by atoms with Gasteiger partial charge in [-0.25, -0.2) is 19.8 Å². The lowest BCUT2D eigenvalue weighted by Crippen LogP contribution is -2.48. The van der Waals surface area contributed by atoms with E-state index in [2.05, 4.69) is 0 Å². The molecule has 0 aliphatic carbocycles. The summed E-state index contributed by atoms with van der Waals surface area (Å²) in [4.78, 5) is 11.4. The molecule has 2 N–H and O–H groups in total. The van der Waals surface area contributed by atoms with Crippen molar-refractivity contribution >= 4 is 5.97 Å². The highest BCUT2D eigenvalue weighted by atomic mass is 16.5. The molecule has 6 nitrogen and oxygen atoms in total. The first kappa shape index (κ1) is 10.4. The number of hydrogen-bond donors (Lipinski definition) is 1. The summed E-state index contributed by atoms with van der Waals surface area (Å²) >= 11 is 0. The Morgan fingerprint density at radius 1 is 1.62 bits per heavy atom. The molecule has 0 spiro atoms. The molecule has 1 saturated heterocycles. The third kappa shape index (κ3) is 1.97. The van der Waals surface area contributed by atoms with E-state index in [-0.39, 0.29) is 5.97 Å². The molecule has 0 saturated carbocycles. The molecule has 1 atom stereocenters. The van der Waals surface area contributed by atoms with Gasteiger partial charge in [0, 0.05) is 14.1 Å². The predicted molar refractivity (Wildman–Crippen MR) is 46.8 cm³/mol. The molecule has 1 aliphatic heterocycles. The number of nitrogens with zero attached hydrogens (tertiary/aromatic N) is 3. The smallest absolute Gasteiger partial charge is 0.341 e. The van der Waals surface area contributed by atoms with Gasteiger partial charge in [-0.1, -0.05) is 0 Å². The van der Waals surface area contributed by atoms with E-state index in [1.807, 2.05) is 12.1 Å². The van der Waals surface area contributed by atoms with Crippen LogP contribution in [0.2, 0.25) is 0 Å². The van der Waals surface area contributed by atoms with Crippen LogP contribution in [0.3, 0.4) is 0 Å². The fraction of sp³-hybridized carbons (Fsp3) is 0.857. The summed E-state index contributed by atoms with van der Waals surface area (Å²) in [7, 11) is 3.66. The minimum absolute atomic E-state index is 0.308. The van der Waals surface area contributed by atoms with Crippen LogP contribution in [-0.4, -0.2) is 54.5 Å². The van der Waals surface area contributed by atoms with Gasteiger partial charge in [0.25, 0.3) is 0 Å². The van der Waals surface area contributed by atoms with Crippen LogP contribution in [0.1, 0.15) is 6.92 Å². The van der Waals surface area contributed by atoms with Gasteiger partial charge in [-0.2, -0.15) is 0 Å². The van der Waals surface area contributed by atoms with Crippen LogP contribution in [0.5, 0.6) is 0 Å². The van der Waals surface area contributed by atoms with Gasteiger partial charge in [-0.05, 0) is 6.92 Å². The van der Waals surface area contributed by atoms with Gasteiger partial charge in [0.2, 0.25) is 0 Å². The van der Waals surface area contributed by atoms with Gasteiger partial charge >= 0.3 is 5.97 Å². The molecule has 0 aromatic heterocycles. The lowest BCUT2D eigenvalue weighted by atomic mass is 10.5. The number of rotatable bonds is 2. The molecular formula is C7H16N4O2. The number of likely N-dealkylation sites (N-methyl/N-ethyl adjacent to an activating group) is 1. The van der Waals surface area contributed by atoms with Crippen LogP contribution in [0.4, 0.5) is 0 Å². The second-order valence-electron chi connectivity index (χ2n) is 3.01. The van der Waals surface area contributed by atoms with Crippen LogP contribution in [0.15, 0.2) is 0 Å². The number of esters is 1. The molecule has 1 unspecified atom stereocenters. The number of ether oxygens (including phenoxy) is 1. The topological polar surface area (TPSA) is 62.0 Å². The average molecular weight is 188 g/mol. The number of hydrazine groups is 2. The summed E-state index contributed by atoms with van der Waals surface area (Å²) in [5.74, 6) is 5.33. The molecule has 0 amide bonds. The molecular weight excluding hydrogens is 172 g/mol. The second-order valence-corrected chi connectivity index (χ2v) is 3.01. The van der Waals surface area contributed by atoms with Crippen LogP contribution in [0.25, 0.3) is 0 Å². The van der Waals surface area contributed by atoms with Gasteiger partial charge in [-0.15, -0.1) is 0 Å². The van der Waals surface area contributed by atoms with Crippen molar-refractivity contribution in [2.45, 2.75) is 13.1 Å². The Kier molecular flexibility index (Phi) is 3.21. The maximum absolute atomic E-state index is 11.4. The summed E-state index contributed by atoms with van der Waals surface area (Å²) < 4.78 is 4.89. The van der Waals surface area contributed by atoms with Gasteiger partial charge in [-0.3, -0.25) is 5.84 Å². The first-order chi connectivity index (χ1) is 6.07. The molecule has 76 valence electrons. The van der Waals surface area contributed by atoms with E-state index in [9.17, 15) is 4.79 Å². The van der Waals surface area contributed by atoms with Crippen LogP contribution in [0, 0.1) is 0 Å². The Labute approximate surface area is 77.8 Å². The molecule has 13 heavy (non-hydrogen) atoms. The van der Waals surface area contributed by atoms with Crippen molar-refractivity contribution in [1.82, 2.24) is 15.0 Å². The van der Waals surface area contributed by atoms with Crippen molar-refractivity contribution in [1.29, 1.82) is 0 Å². The fourth-order valence-electron chi connectivity index (χ4n) is 1.32. The summed E-state index contributed by atoms with van der Waals surface area (Å²) in [5.41, 5.74) is 0. The van der Waals surface area contributed by atoms with Crippen molar-refractivity contribution in [2.24, 2.45) is 5.84 Å². The highest BCUT2D eigenvalue weighted by Gasteiger charge is 2.38. The molecule has 1 heterocycles. The third-order valence-corrected chi connectivity index (χ3v) is 2.07. The highest BCUT2D eigenvalue weighted by molar-refractivity contribution is 5.75. The van der Waals surface area contributed by atoms with Crippen molar-refractivity contribution in [2.75, 3.05) is 27.4 Å². The molecule has 0 bridgehead atoms. The van der Waals surface area contributed by atoms with E-state index in [0.717, 1.165) is 0 Å². The largest absolute Gasteiger partial charge is 0.464 e. The van der Waals surface area contributed by atoms with Crippen molar-refractivity contribution in [3.05, 3.63) is 0 Å². The number of nitrogens with two attached hydrogens (primary N) is 1. The van der Waals surface area contributed by atoms with Gasteiger partial charge in [0.05, 0.1) is 13.3 Å². The number of carbonyl (C=O) groups is 1. The zero-order valence-electron chi connectivity index (χ0n) is 8.23. The minimum atomic E-state index is -0.495. The quantitative estimate of drug-likeness (QED) is 0.434. The first-order valence-corrected chi connectivity index (χ1v) is 4.19. The Morgan fingerprint density at radius 2 is 2.23 bits per heavy atom. The minimum Gasteiger partial charge on any atom is -0.464 e. The predicted octanol–water partition coefficient (Wildman–Crippen LogP) is -1.20. The van der Waals surface area contributed by atoms with Crippen molar-refractivity contribution in [3.63, 3.8) is 0 Å². The Bertz CT molecular complexity index is 199. The molecule has 0 radical (unpaired) electrons. The molecule has 1 aliphatic rings. The maximum Gasteiger partial charge on any atom is 0.341 e. The van der Waals surface area contributed by atoms with E-state index in [1.165, 1.54) is 5.01 Å². The number of hydrogen-bond acceptors (Lipinski definition) is 6. The summed E-state index contributed by atoms with van der Waals surface area (Å²) in [6.45, 7) is 2.68. The van der Waals surface area contributed by atoms with Gasteiger partial charge in [0.1, 0.15) is 0 Å². The Morgan fingerprint density at radius 3 is 2.62 bits per heavy atom. The van der Waals surface area contributed by atoms with Gasteiger partial charge < -0.3 is 4.74 Å². The zero-order valence-corrected chi connectivity index (χ0v) is 8.23. The standard InChI is InChI=1S/C7H16N4O2/c1-4-13-7(12)6-10(3)9(2)5-11(6)8/h6H,4-5,8H2,1-3H3.